The van der Waals surface area contributed by atoms with E-state index in [0.717, 1.165) is 0 Å². The monoisotopic (exact) mass is 290 g/mol. The average molecular weight is 290 g/mol. The average Bonchev–Trinajstić information content (AvgIpc) is 2.42. The van der Waals surface area contributed by atoms with Crippen molar-refractivity contribution in [1.82, 2.24) is 0 Å². The first-order valence-corrected chi connectivity index (χ1v) is 7.49. The van der Waals surface area contributed by atoms with E-state index in [4.69, 9.17) is 5.73 Å². The fourth-order valence-corrected chi connectivity index (χ4v) is 0. The number of hydrogen-bond acceptors (Lipinski definition) is 1. The molecule has 0 unspecified atom stereocenters. The Balaban J connectivity index is -0.00000000946. The molecule has 17 heavy (non-hydrogen) atoms. The van der Waals surface area contributed by atoms with E-state index >= 15 is 0 Å². The van der Waals surface area contributed by atoms with Crippen LogP contribution >= 0.6 is 0 Å². The first-order chi connectivity index (χ1) is 7.73. The molecule has 0 aliphatic carbocycles. The first-order valence-electron chi connectivity index (χ1n) is 7.49. The van der Waals surface area contributed by atoms with Crippen molar-refractivity contribution in [2.45, 2.75) is 103 Å². The molecule has 2 N–H and O–H groups in total. The van der Waals surface area contributed by atoms with Crippen molar-refractivity contribution in [1.29, 1.82) is 0 Å². The number of hydrogen-bond donors (Lipinski definition) is 1. The minimum Gasteiger partial charge on any atom is -0.328 e. The molecule has 0 aliphatic heterocycles. The van der Waals surface area contributed by atoms with Crippen LogP contribution in [0.5, 0.6) is 0 Å². The molecular weight excluding hydrogens is 245 g/mol. The van der Waals surface area contributed by atoms with Crippen LogP contribution in [0.2, 0.25) is 0 Å². The molecule has 0 saturated heterocycles. The van der Waals surface area contributed by atoms with Crippen LogP contribution < -0.4 is 5.73 Å². The predicted octanol–water partition coefficient (Wildman–Crippen LogP) is 6.51. The third-order valence-electron chi connectivity index (χ3n) is 0. The van der Waals surface area contributed by atoms with E-state index in [1.54, 1.807) is 0 Å². The predicted molar refractivity (Wildman–Crippen MR) is 87.4 cm³/mol. The summed E-state index contributed by atoms with van der Waals surface area (Å²) in [5, 5.41) is 0. The van der Waals surface area contributed by atoms with Gasteiger partial charge >= 0.3 is 0 Å². The Morgan fingerprint density at radius 3 is 0.471 bits per heavy atom. The standard InChI is InChI=1S/C3H9N.6C2H6.V/c1-3(2)4;6*1-2;/h3H,4H2,1-2H3;6*1-2H3;. The van der Waals surface area contributed by atoms with Gasteiger partial charge in [-0.25, -0.2) is 0 Å². The normalized spacial score (nSPS) is 4.24. The number of nitrogens with two attached hydrogens (primary N) is 1. The molecule has 0 spiro atoms. The quantitative estimate of drug-likeness (QED) is 0.540. The van der Waals surface area contributed by atoms with Gasteiger partial charge < -0.3 is 5.73 Å². The van der Waals surface area contributed by atoms with Gasteiger partial charge in [0.05, 0.1) is 0 Å². The maximum Gasteiger partial charge on any atom is 0 e. The largest absolute Gasteiger partial charge is 0.328 e. The fraction of sp³-hybridized carbons (Fsp3) is 1.00. The summed E-state index contributed by atoms with van der Waals surface area (Å²) in [6, 6.07) is 0.333. The molecule has 1 nitrogen and oxygen atoms in total. The second-order valence-electron chi connectivity index (χ2n) is 1.24. The molecule has 0 rings (SSSR count). The van der Waals surface area contributed by atoms with Crippen LogP contribution in [0.25, 0.3) is 0 Å². The summed E-state index contributed by atoms with van der Waals surface area (Å²) in [6.07, 6.45) is 0. The van der Waals surface area contributed by atoms with Crippen molar-refractivity contribution in [2.24, 2.45) is 5.73 Å². The summed E-state index contributed by atoms with van der Waals surface area (Å²) < 4.78 is 0. The van der Waals surface area contributed by atoms with Gasteiger partial charge in [-0.05, 0) is 6.04 Å². The van der Waals surface area contributed by atoms with E-state index in [2.05, 4.69) is 0 Å². The molecule has 0 aliphatic rings. The smallest absolute Gasteiger partial charge is 0 e. The van der Waals surface area contributed by atoms with E-state index in [-0.39, 0.29) is 18.6 Å². The maximum atomic E-state index is 5.11. The van der Waals surface area contributed by atoms with Gasteiger partial charge in [-0.1, -0.05) is 96.9 Å². The third-order valence-corrected chi connectivity index (χ3v) is 0. The Kier molecular flexibility index (Phi) is 987. The Hall–Kier alpha value is 0.544. The Morgan fingerprint density at radius 2 is 0.471 bits per heavy atom. The molecule has 115 valence electrons. The summed E-state index contributed by atoms with van der Waals surface area (Å²) in [5.41, 5.74) is 5.11. The van der Waals surface area contributed by atoms with Gasteiger partial charge in [0.2, 0.25) is 0 Å². The van der Waals surface area contributed by atoms with Gasteiger partial charge in [-0.15, -0.1) is 0 Å². The van der Waals surface area contributed by atoms with Crippen LogP contribution in [-0.4, -0.2) is 6.04 Å². The van der Waals surface area contributed by atoms with E-state index in [0.29, 0.717) is 6.04 Å². The summed E-state index contributed by atoms with van der Waals surface area (Å²) in [6.45, 7) is 27.9. The Bertz CT molecular complexity index is 15.6. The molecule has 0 atom stereocenters. The molecule has 0 aromatic rings. The van der Waals surface area contributed by atoms with Crippen molar-refractivity contribution in [2.75, 3.05) is 0 Å². The molecule has 0 aromatic heterocycles. The topological polar surface area (TPSA) is 26.0 Å². The van der Waals surface area contributed by atoms with Crippen LogP contribution in [0, 0.1) is 0 Å². The summed E-state index contributed by atoms with van der Waals surface area (Å²) in [5.74, 6) is 0. The van der Waals surface area contributed by atoms with Gasteiger partial charge in [0.1, 0.15) is 0 Å². The molecule has 0 bridgehead atoms. The zero-order chi connectivity index (χ0) is 15.6. The van der Waals surface area contributed by atoms with Crippen LogP contribution in [0.4, 0.5) is 0 Å². The minimum atomic E-state index is 0. The maximum absolute atomic E-state index is 5.11. The van der Waals surface area contributed by atoms with Gasteiger partial charge in [-0.3, -0.25) is 0 Å². The van der Waals surface area contributed by atoms with Crippen molar-refractivity contribution < 1.29 is 18.6 Å². The third kappa shape index (κ3) is 11800. The van der Waals surface area contributed by atoms with E-state index in [9.17, 15) is 0 Å². The van der Waals surface area contributed by atoms with Crippen molar-refractivity contribution in [3.8, 4) is 0 Å². The zero-order valence-corrected chi connectivity index (χ0v) is 17.0. The Morgan fingerprint density at radius 1 is 0.471 bits per heavy atom. The van der Waals surface area contributed by atoms with Crippen molar-refractivity contribution in [3.63, 3.8) is 0 Å². The molecule has 0 saturated carbocycles. The molecule has 0 heterocycles. The van der Waals surface area contributed by atoms with Crippen molar-refractivity contribution in [3.05, 3.63) is 0 Å². The Labute approximate surface area is 127 Å². The van der Waals surface area contributed by atoms with Crippen LogP contribution in [0.3, 0.4) is 0 Å². The SMILES string of the molecule is CC.CC.CC.CC.CC.CC.CC(C)N.[V]. The van der Waals surface area contributed by atoms with Gasteiger partial charge in [0.25, 0.3) is 0 Å². The van der Waals surface area contributed by atoms with E-state index in [1.165, 1.54) is 0 Å². The zero-order valence-electron chi connectivity index (χ0n) is 15.6. The molecule has 0 aromatic carbocycles. The van der Waals surface area contributed by atoms with E-state index < -0.39 is 0 Å². The van der Waals surface area contributed by atoms with Gasteiger partial charge in [0.15, 0.2) is 0 Å². The summed E-state index contributed by atoms with van der Waals surface area (Å²) in [7, 11) is 0. The molecular formula is C15H45NV. The van der Waals surface area contributed by atoms with Gasteiger partial charge in [0, 0.05) is 18.6 Å². The van der Waals surface area contributed by atoms with E-state index in [1.807, 2.05) is 96.9 Å². The minimum absolute atomic E-state index is 0. The molecule has 2 heteroatoms. The summed E-state index contributed by atoms with van der Waals surface area (Å²) in [4.78, 5) is 0. The van der Waals surface area contributed by atoms with Crippen LogP contribution in [0.15, 0.2) is 0 Å². The number of rotatable bonds is 0. The van der Waals surface area contributed by atoms with Crippen LogP contribution in [-0.2, 0) is 18.6 Å². The second kappa shape index (κ2) is 318. The molecule has 1 radical (unpaired) electrons. The molecule has 0 amide bonds. The fourth-order valence-electron chi connectivity index (χ4n) is 0. The molecule has 0 fully saturated rings. The van der Waals surface area contributed by atoms with Gasteiger partial charge in [-0.2, -0.15) is 0 Å². The first kappa shape index (κ1) is 52.7. The van der Waals surface area contributed by atoms with Crippen LogP contribution in [0.1, 0.15) is 96.9 Å². The second-order valence-corrected chi connectivity index (χ2v) is 1.24. The van der Waals surface area contributed by atoms with Crippen molar-refractivity contribution >= 4 is 0 Å². The summed E-state index contributed by atoms with van der Waals surface area (Å²) >= 11 is 0.